The number of amides is 1. The van der Waals surface area contributed by atoms with Gasteiger partial charge in [-0.2, -0.15) is 0 Å². The highest BCUT2D eigenvalue weighted by Crippen LogP contribution is 2.44. The largest absolute Gasteiger partial charge is 0.339 e. The molecule has 1 aliphatic carbocycles. The van der Waals surface area contributed by atoms with Crippen molar-refractivity contribution in [1.29, 1.82) is 0 Å². The fourth-order valence-corrected chi connectivity index (χ4v) is 4.11. The van der Waals surface area contributed by atoms with Gasteiger partial charge in [0.15, 0.2) is 0 Å². The van der Waals surface area contributed by atoms with E-state index in [0.29, 0.717) is 18.4 Å². The van der Waals surface area contributed by atoms with E-state index in [1.165, 1.54) is 17.7 Å². The van der Waals surface area contributed by atoms with E-state index < -0.39 is 6.04 Å². The first-order chi connectivity index (χ1) is 13.5. The highest BCUT2D eigenvalue weighted by Gasteiger charge is 2.42. The lowest BCUT2D eigenvalue weighted by Gasteiger charge is -2.34. The number of carbonyl (C=O) groups excluding carboxylic acids is 1. The van der Waals surface area contributed by atoms with Crippen LogP contribution in [0, 0.1) is 5.82 Å². The number of halogens is 1. The van der Waals surface area contributed by atoms with E-state index in [9.17, 15) is 9.18 Å². The lowest BCUT2D eigenvalue weighted by atomic mass is 10.1. The van der Waals surface area contributed by atoms with Gasteiger partial charge in [0.2, 0.25) is 5.91 Å². The zero-order chi connectivity index (χ0) is 20.1. The zero-order valence-corrected chi connectivity index (χ0v) is 16.9. The van der Waals surface area contributed by atoms with Gasteiger partial charge in [0.25, 0.3) is 0 Å². The zero-order valence-electron chi connectivity index (χ0n) is 16.9. The molecule has 5 nitrogen and oxygen atoms in total. The Labute approximate surface area is 168 Å². The third-order valence-corrected chi connectivity index (χ3v) is 5.98. The number of nitrogens with zero attached hydrogens (tertiary/aromatic N) is 3. The Bertz CT molecular complexity index is 657. The van der Waals surface area contributed by atoms with Crippen molar-refractivity contribution in [3.05, 3.63) is 48.3 Å². The van der Waals surface area contributed by atoms with Gasteiger partial charge in [-0.15, -0.1) is 6.58 Å². The molecule has 0 bridgehead atoms. The van der Waals surface area contributed by atoms with Crippen LogP contribution in [0.15, 0.2) is 36.9 Å². The molecule has 0 unspecified atom stereocenters. The first-order valence-electron chi connectivity index (χ1n) is 10.3. The third-order valence-electron chi connectivity index (χ3n) is 5.98. The monoisotopic (exact) mass is 388 g/mol. The van der Waals surface area contributed by atoms with E-state index in [1.54, 1.807) is 0 Å². The van der Waals surface area contributed by atoms with Crippen molar-refractivity contribution in [1.82, 2.24) is 14.7 Å². The second kappa shape index (κ2) is 9.63. The summed E-state index contributed by atoms with van der Waals surface area (Å²) in [5.41, 5.74) is 7.38. The standard InChI is InChI=1S/C22H33FN4O/c1-3-10-26(21-16-19(21)17-6-8-18(23)9-7-17)11-4-5-20(24)22(28)27-14-12-25(2)13-15-27/h3,6-9,19-21H,1,4-5,10-16,24H2,2H3/t19-,20+,21+/m0/s1. The van der Waals surface area contributed by atoms with Crippen molar-refractivity contribution < 1.29 is 9.18 Å². The molecular weight excluding hydrogens is 355 g/mol. The summed E-state index contributed by atoms with van der Waals surface area (Å²) in [6.07, 6.45) is 4.61. The maximum absolute atomic E-state index is 13.1. The molecule has 3 rings (SSSR count). The van der Waals surface area contributed by atoms with Crippen LogP contribution in [0.2, 0.25) is 0 Å². The molecule has 3 atom stereocenters. The molecule has 154 valence electrons. The first kappa shape index (κ1) is 21.0. The molecule has 1 aromatic rings. The predicted octanol–water partition coefficient (Wildman–Crippen LogP) is 2.05. The Morgan fingerprint density at radius 3 is 2.64 bits per heavy atom. The number of likely N-dealkylation sites (N-methyl/N-ethyl adjacent to an activating group) is 1. The molecule has 1 amide bonds. The van der Waals surface area contributed by atoms with E-state index in [2.05, 4.69) is 23.4 Å². The van der Waals surface area contributed by atoms with Crippen LogP contribution in [0.1, 0.15) is 30.7 Å². The average Bonchev–Trinajstić information content (AvgIpc) is 3.48. The molecule has 0 radical (unpaired) electrons. The lowest BCUT2D eigenvalue weighted by Crippen LogP contribution is -2.52. The van der Waals surface area contributed by atoms with Crippen molar-refractivity contribution >= 4 is 5.91 Å². The van der Waals surface area contributed by atoms with Crippen LogP contribution < -0.4 is 5.73 Å². The molecule has 2 N–H and O–H groups in total. The van der Waals surface area contributed by atoms with Crippen molar-refractivity contribution in [2.75, 3.05) is 46.3 Å². The van der Waals surface area contributed by atoms with Crippen molar-refractivity contribution in [3.63, 3.8) is 0 Å². The van der Waals surface area contributed by atoms with Gasteiger partial charge in [-0.3, -0.25) is 9.69 Å². The minimum Gasteiger partial charge on any atom is -0.339 e. The fraction of sp³-hybridized carbons (Fsp3) is 0.591. The Kier molecular flexibility index (Phi) is 7.21. The second-order valence-electron chi connectivity index (χ2n) is 8.12. The molecular formula is C22H33FN4O. The smallest absolute Gasteiger partial charge is 0.239 e. The van der Waals surface area contributed by atoms with Crippen molar-refractivity contribution in [2.45, 2.75) is 37.3 Å². The van der Waals surface area contributed by atoms with Gasteiger partial charge >= 0.3 is 0 Å². The summed E-state index contributed by atoms with van der Waals surface area (Å²) in [4.78, 5) is 19.1. The summed E-state index contributed by atoms with van der Waals surface area (Å²) in [6.45, 7) is 8.97. The van der Waals surface area contributed by atoms with Crippen LogP contribution in [-0.4, -0.2) is 79.0 Å². The topological polar surface area (TPSA) is 52.8 Å². The third kappa shape index (κ3) is 5.40. The number of hydrogen-bond donors (Lipinski definition) is 1. The number of rotatable bonds is 9. The minimum atomic E-state index is -0.416. The van der Waals surface area contributed by atoms with Crippen LogP contribution in [0.4, 0.5) is 4.39 Å². The molecule has 1 saturated carbocycles. The predicted molar refractivity (Wildman–Crippen MR) is 111 cm³/mol. The van der Waals surface area contributed by atoms with E-state index in [0.717, 1.165) is 52.1 Å². The normalized spacial score (nSPS) is 23.6. The maximum atomic E-state index is 13.1. The molecule has 6 heteroatoms. The molecule has 28 heavy (non-hydrogen) atoms. The van der Waals surface area contributed by atoms with Crippen molar-refractivity contribution in [3.8, 4) is 0 Å². The highest BCUT2D eigenvalue weighted by atomic mass is 19.1. The maximum Gasteiger partial charge on any atom is 0.239 e. The first-order valence-corrected chi connectivity index (χ1v) is 10.3. The van der Waals surface area contributed by atoms with Crippen LogP contribution in [0.25, 0.3) is 0 Å². The molecule has 0 aromatic heterocycles. The summed E-state index contributed by atoms with van der Waals surface area (Å²) in [5.74, 6) is 0.350. The Morgan fingerprint density at radius 1 is 1.32 bits per heavy atom. The minimum absolute atomic E-state index is 0.0824. The second-order valence-corrected chi connectivity index (χ2v) is 8.12. The number of nitrogens with two attached hydrogens (primary N) is 1. The highest BCUT2D eigenvalue weighted by molar-refractivity contribution is 5.81. The number of piperazine rings is 1. The van der Waals surface area contributed by atoms with E-state index in [1.807, 2.05) is 23.1 Å². The van der Waals surface area contributed by atoms with Gasteiger partial charge in [-0.25, -0.2) is 4.39 Å². The molecule has 2 fully saturated rings. The Morgan fingerprint density at radius 2 is 2.00 bits per heavy atom. The number of carbonyl (C=O) groups is 1. The Hall–Kier alpha value is -1.76. The van der Waals surface area contributed by atoms with Crippen LogP contribution in [-0.2, 0) is 4.79 Å². The summed E-state index contributed by atoms with van der Waals surface area (Å²) >= 11 is 0. The molecule has 0 spiro atoms. The van der Waals surface area contributed by atoms with E-state index in [4.69, 9.17) is 5.73 Å². The molecule has 1 aromatic carbocycles. The lowest BCUT2D eigenvalue weighted by molar-refractivity contribution is -0.134. The van der Waals surface area contributed by atoms with Gasteiger partial charge in [-0.1, -0.05) is 18.2 Å². The average molecular weight is 389 g/mol. The van der Waals surface area contributed by atoms with Gasteiger partial charge in [0.1, 0.15) is 5.82 Å². The van der Waals surface area contributed by atoms with Gasteiger partial charge in [-0.05, 0) is 50.6 Å². The number of hydrogen-bond acceptors (Lipinski definition) is 4. The van der Waals surface area contributed by atoms with Crippen LogP contribution in [0.5, 0.6) is 0 Å². The quantitative estimate of drug-likeness (QED) is 0.658. The van der Waals surface area contributed by atoms with Crippen LogP contribution >= 0.6 is 0 Å². The summed E-state index contributed by atoms with van der Waals surface area (Å²) < 4.78 is 13.1. The molecule has 1 saturated heterocycles. The molecule has 1 aliphatic heterocycles. The van der Waals surface area contributed by atoms with Gasteiger partial charge in [0, 0.05) is 44.7 Å². The fourth-order valence-electron chi connectivity index (χ4n) is 4.11. The summed E-state index contributed by atoms with van der Waals surface area (Å²) in [5, 5.41) is 0. The SMILES string of the molecule is C=CCN(CCC[C@@H](N)C(=O)N1CCN(C)CC1)[C@@H]1C[C@H]1c1ccc(F)cc1. The van der Waals surface area contributed by atoms with Gasteiger partial charge < -0.3 is 15.5 Å². The van der Waals surface area contributed by atoms with Crippen LogP contribution in [0.3, 0.4) is 0 Å². The molecule has 2 aliphatic rings. The van der Waals surface area contributed by atoms with E-state index >= 15 is 0 Å². The number of benzene rings is 1. The van der Waals surface area contributed by atoms with Gasteiger partial charge in [0.05, 0.1) is 6.04 Å². The Balaban J connectivity index is 1.44. The van der Waals surface area contributed by atoms with Crippen molar-refractivity contribution in [2.24, 2.45) is 5.73 Å². The summed E-state index contributed by atoms with van der Waals surface area (Å²) in [6, 6.07) is 6.89. The van der Waals surface area contributed by atoms with E-state index in [-0.39, 0.29) is 11.7 Å². The summed E-state index contributed by atoms with van der Waals surface area (Å²) in [7, 11) is 2.08. The molecule has 1 heterocycles.